The van der Waals surface area contributed by atoms with Crippen LogP contribution in [-0.4, -0.2) is 51.9 Å². The van der Waals surface area contributed by atoms with Crippen molar-refractivity contribution in [3.05, 3.63) is 47.2 Å². The van der Waals surface area contributed by atoms with Crippen molar-refractivity contribution in [2.45, 2.75) is 90.8 Å². The van der Waals surface area contributed by atoms with Gasteiger partial charge in [0, 0.05) is 36.0 Å². The first kappa shape index (κ1) is 29.9. The van der Waals surface area contributed by atoms with E-state index in [4.69, 9.17) is 9.47 Å². The van der Waals surface area contributed by atoms with Gasteiger partial charge in [-0.05, 0) is 96.8 Å². The van der Waals surface area contributed by atoms with Gasteiger partial charge in [0.15, 0.2) is 0 Å². The van der Waals surface area contributed by atoms with Crippen LogP contribution in [0.25, 0.3) is 10.6 Å². The lowest BCUT2D eigenvalue weighted by Crippen LogP contribution is -2.37. The Labute approximate surface area is 252 Å². The Morgan fingerprint density at radius 2 is 1.90 bits per heavy atom. The number of piperidine rings is 1. The van der Waals surface area contributed by atoms with Crippen LogP contribution in [0.1, 0.15) is 88.2 Å². The minimum atomic E-state index is -0.479. The fourth-order valence-electron chi connectivity index (χ4n) is 5.84. The third kappa shape index (κ3) is 7.65. The van der Waals surface area contributed by atoms with Crippen molar-refractivity contribution in [1.82, 2.24) is 15.2 Å². The molecule has 3 aromatic rings. The number of thiazole rings is 1. The second kappa shape index (κ2) is 13.2. The number of nitrogens with one attached hydrogen (secondary N) is 1. The van der Waals surface area contributed by atoms with Crippen LogP contribution in [-0.2, 0) is 9.53 Å². The van der Waals surface area contributed by atoms with Gasteiger partial charge in [-0.1, -0.05) is 0 Å². The van der Waals surface area contributed by atoms with E-state index in [1.54, 1.807) is 17.8 Å². The molecule has 10 heteroatoms. The molecule has 1 N–H and O–H groups in total. The first-order chi connectivity index (χ1) is 20.2. The second-order valence-corrected chi connectivity index (χ2v) is 13.2. The van der Waals surface area contributed by atoms with Crippen LogP contribution in [0, 0.1) is 12.8 Å². The molecule has 1 aliphatic carbocycles. The van der Waals surface area contributed by atoms with Gasteiger partial charge in [-0.2, -0.15) is 10.2 Å². The number of hydrogen-bond donors (Lipinski definition) is 1. The van der Waals surface area contributed by atoms with Gasteiger partial charge in [0.05, 0.1) is 29.9 Å². The predicted octanol–water partition coefficient (Wildman–Crippen LogP) is 6.82. The average molecular weight is 592 g/mol. The predicted molar refractivity (Wildman–Crippen MR) is 165 cm³/mol. The van der Waals surface area contributed by atoms with Crippen molar-refractivity contribution in [1.29, 1.82) is 0 Å². The molecule has 5 rings (SSSR count). The zero-order valence-corrected chi connectivity index (χ0v) is 25.8. The van der Waals surface area contributed by atoms with E-state index in [9.17, 15) is 9.59 Å². The molecule has 1 aliphatic heterocycles. The van der Waals surface area contributed by atoms with Gasteiger partial charge in [-0.3, -0.25) is 9.59 Å². The summed E-state index contributed by atoms with van der Waals surface area (Å²) in [4.78, 5) is 32.7. The van der Waals surface area contributed by atoms with Gasteiger partial charge in [-0.15, -0.1) is 11.3 Å². The molecule has 42 heavy (non-hydrogen) atoms. The number of ether oxygens (including phenoxy) is 2. The molecule has 1 saturated heterocycles. The normalized spacial score (nSPS) is 17.7. The highest BCUT2D eigenvalue weighted by Crippen LogP contribution is 2.40. The fraction of sp³-hybridized carbons (Fsp3) is 0.531. The number of amides is 1. The Bertz CT molecular complexity index is 1380. The van der Waals surface area contributed by atoms with Gasteiger partial charge in [0.1, 0.15) is 22.1 Å². The summed E-state index contributed by atoms with van der Waals surface area (Å²) < 4.78 is 12.0. The highest BCUT2D eigenvalue weighted by atomic mass is 32.1. The Kier molecular flexibility index (Phi) is 9.40. The third-order valence-corrected chi connectivity index (χ3v) is 8.70. The van der Waals surface area contributed by atoms with Gasteiger partial charge in [0.2, 0.25) is 0 Å². The Morgan fingerprint density at radius 3 is 2.64 bits per heavy atom. The fourth-order valence-corrected chi connectivity index (χ4v) is 6.63. The van der Waals surface area contributed by atoms with E-state index in [0.717, 1.165) is 78.5 Å². The molecule has 3 heterocycles. The van der Waals surface area contributed by atoms with Crippen molar-refractivity contribution in [2.75, 3.05) is 23.3 Å². The lowest BCUT2D eigenvalue weighted by Gasteiger charge is -2.37. The summed E-state index contributed by atoms with van der Waals surface area (Å²) in [6, 6.07) is 5.76. The SMILES string of the molecule is Cc1c(OC2CCCC2)ccc(NC(=O)c2csc(-c3ccnnc3)n2)c1N1CCC[C@@H](CCC(=O)OC(C)(C)C)C1. The van der Waals surface area contributed by atoms with Gasteiger partial charge in [0.25, 0.3) is 5.91 Å². The van der Waals surface area contributed by atoms with E-state index < -0.39 is 5.60 Å². The van der Waals surface area contributed by atoms with Crippen LogP contribution in [0.2, 0.25) is 0 Å². The molecule has 2 aromatic heterocycles. The largest absolute Gasteiger partial charge is 0.490 e. The molecule has 1 amide bonds. The summed E-state index contributed by atoms with van der Waals surface area (Å²) in [5.74, 6) is 0.805. The molecule has 0 bridgehead atoms. The van der Waals surface area contributed by atoms with Crippen LogP contribution in [0.5, 0.6) is 5.75 Å². The minimum absolute atomic E-state index is 0.152. The highest BCUT2D eigenvalue weighted by molar-refractivity contribution is 7.13. The summed E-state index contributed by atoms with van der Waals surface area (Å²) in [6.07, 6.45) is 11.3. The maximum Gasteiger partial charge on any atom is 0.306 e. The number of benzene rings is 1. The summed E-state index contributed by atoms with van der Waals surface area (Å²) >= 11 is 1.40. The van der Waals surface area contributed by atoms with Crippen molar-refractivity contribution >= 4 is 34.6 Å². The zero-order valence-electron chi connectivity index (χ0n) is 25.0. The number of aromatic nitrogens is 3. The quantitative estimate of drug-likeness (QED) is 0.270. The van der Waals surface area contributed by atoms with Crippen LogP contribution in [0.3, 0.4) is 0 Å². The topological polar surface area (TPSA) is 107 Å². The molecule has 1 aromatic carbocycles. The number of nitrogens with zero attached hydrogens (tertiary/aromatic N) is 4. The Hall–Kier alpha value is -3.53. The number of hydrogen-bond acceptors (Lipinski definition) is 9. The lowest BCUT2D eigenvalue weighted by atomic mass is 9.92. The van der Waals surface area contributed by atoms with Crippen LogP contribution in [0.15, 0.2) is 36.0 Å². The van der Waals surface area contributed by atoms with Crippen molar-refractivity contribution < 1.29 is 19.1 Å². The molecule has 0 spiro atoms. The molecule has 9 nitrogen and oxygen atoms in total. The van der Waals surface area contributed by atoms with Crippen LogP contribution >= 0.6 is 11.3 Å². The van der Waals surface area contributed by atoms with Crippen molar-refractivity contribution in [3.8, 4) is 16.3 Å². The first-order valence-corrected chi connectivity index (χ1v) is 15.9. The molecular formula is C32H41N5O4S. The van der Waals surface area contributed by atoms with Crippen LogP contribution < -0.4 is 15.0 Å². The molecule has 0 radical (unpaired) electrons. The van der Waals surface area contributed by atoms with Gasteiger partial charge in [-0.25, -0.2) is 4.98 Å². The summed E-state index contributed by atoms with van der Waals surface area (Å²) in [5.41, 5.74) is 3.45. The summed E-state index contributed by atoms with van der Waals surface area (Å²) in [7, 11) is 0. The Balaban J connectivity index is 1.36. The third-order valence-electron chi connectivity index (χ3n) is 7.81. The second-order valence-electron chi connectivity index (χ2n) is 12.3. The van der Waals surface area contributed by atoms with E-state index in [-0.39, 0.29) is 18.0 Å². The maximum atomic E-state index is 13.4. The van der Waals surface area contributed by atoms with Crippen molar-refractivity contribution in [2.24, 2.45) is 5.92 Å². The highest BCUT2D eigenvalue weighted by Gasteiger charge is 2.28. The molecular weight excluding hydrogens is 550 g/mol. The first-order valence-electron chi connectivity index (χ1n) is 15.0. The van der Waals surface area contributed by atoms with Gasteiger partial charge >= 0.3 is 5.97 Å². The van der Waals surface area contributed by atoms with Crippen LogP contribution in [0.4, 0.5) is 11.4 Å². The van der Waals surface area contributed by atoms with E-state index in [1.165, 1.54) is 24.2 Å². The standard InChI is InChI=1S/C32H41N5O4S/c1-21-27(40-24-9-5-6-10-24)13-12-25(35-30(39)26-20-42-31(36-26)23-15-16-33-34-18-23)29(21)37-17-7-8-22(19-37)11-14-28(38)41-32(2,3)4/h12-13,15-16,18,20,22,24H,5-11,14,17,19H2,1-4H3,(H,35,39)/t22-/m0/s1. The van der Waals surface area contributed by atoms with Gasteiger partial charge < -0.3 is 19.7 Å². The summed E-state index contributed by atoms with van der Waals surface area (Å²) in [5, 5.41) is 13.4. The van der Waals surface area contributed by atoms with E-state index in [2.05, 4.69) is 32.3 Å². The maximum absolute atomic E-state index is 13.4. The lowest BCUT2D eigenvalue weighted by molar-refractivity contribution is -0.155. The number of esters is 1. The van der Waals surface area contributed by atoms with E-state index >= 15 is 0 Å². The molecule has 0 unspecified atom stereocenters. The molecule has 1 atom stereocenters. The molecule has 2 aliphatic rings. The van der Waals surface area contributed by atoms with Crippen molar-refractivity contribution in [3.63, 3.8) is 0 Å². The zero-order chi connectivity index (χ0) is 29.7. The number of anilines is 2. The number of carbonyl (C=O) groups excluding carboxylic acids is 2. The molecule has 2 fully saturated rings. The Morgan fingerprint density at radius 1 is 1.10 bits per heavy atom. The van der Waals surface area contributed by atoms with E-state index in [1.807, 2.05) is 39.0 Å². The monoisotopic (exact) mass is 591 g/mol. The number of carbonyl (C=O) groups is 2. The smallest absolute Gasteiger partial charge is 0.306 e. The molecule has 1 saturated carbocycles. The average Bonchev–Trinajstić information content (AvgIpc) is 3.66. The summed E-state index contributed by atoms with van der Waals surface area (Å²) in [6.45, 7) is 9.45. The van der Waals surface area contributed by atoms with E-state index in [0.29, 0.717) is 18.0 Å². The molecule has 224 valence electrons. The number of rotatable bonds is 9. The minimum Gasteiger partial charge on any atom is -0.490 e.